The summed E-state index contributed by atoms with van der Waals surface area (Å²) < 4.78 is 13.5. The Balaban J connectivity index is 1.24. The predicted octanol–water partition coefficient (Wildman–Crippen LogP) is 11.0. The standard InChI is InChI=1S/C50H35NO2/c1-3-13-34(14-4-1)49(35-15-5-2-6-16-35)26-25-39-47-46(37-24-23-36(31-40(37)48(39)53-49)51-27-29-52-30-28-51)38-17-7-8-18-41(38)50(47)42-19-9-11-32-21-22-33-12-10-20-43(50)45(33)44(32)42/h1-26,31H,27-30H2. The van der Waals surface area contributed by atoms with E-state index in [2.05, 4.69) is 169 Å². The van der Waals surface area contributed by atoms with E-state index < -0.39 is 11.0 Å². The van der Waals surface area contributed by atoms with E-state index in [-0.39, 0.29) is 0 Å². The number of fused-ring (bicyclic) bond motifs is 12. The van der Waals surface area contributed by atoms with Crippen molar-refractivity contribution in [1.29, 1.82) is 0 Å². The summed E-state index contributed by atoms with van der Waals surface area (Å²) in [6.07, 6.45) is 4.72. The molecule has 2 heterocycles. The molecule has 3 heteroatoms. The molecule has 12 rings (SSSR count). The van der Waals surface area contributed by atoms with Crippen LogP contribution < -0.4 is 9.64 Å². The molecule has 2 aliphatic carbocycles. The summed E-state index contributed by atoms with van der Waals surface area (Å²) in [5.41, 5.74) is 11.2. The van der Waals surface area contributed by atoms with Gasteiger partial charge in [0.2, 0.25) is 0 Å². The Hall–Kier alpha value is -6.16. The Morgan fingerprint density at radius 1 is 0.547 bits per heavy atom. The van der Waals surface area contributed by atoms with E-state index in [9.17, 15) is 0 Å². The highest BCUT2D eigenvalue weighted by atomic mass is 16.5. The third-order valence-corrected chi connectivity index (χ3v) is 12.5. The Morgan fingerprint density at radius 2 is 1.17 bits per heavy atom. The van der Waals surface area contributed by atoms with Crippen molar-refractivity contribution in [3.05, 3.63) is 197 Å². The van der Waals surface area contributed by atoms with Crippen LogP contribution in [0, 0.1) is 0 Å². The summed E-state index contributed by atoms with van der Waals surface area (Å²) in [5, 5.41) is 7.66. The minimum absolute atomic E-state index is 0.511. The highest BCUT2D eigenvalue weighted by Crippen LogP contribution is 2.66. The highest BCUT2D eigenvalue weighted by Gasteiger charge is 2.54. The number of anilines is 1. The molecule has 0 atom stereocenters. The lowest BCUT2D eigenvalue weighted by Gasteiger charge is -2.39. The summed E-state index contributed by atoms with van der Waals surface area (Å²) in [6.45, 7) is 3.21. The molecule has 1 spiro atoms. The van der Waals surface area contributed by atoms with Crippen molar-refractivity contribution in [3.8, 4) is 16.9 Å². The van der Waals surface area contributed by atoms with E-state index >= 15 is 0 Å². The van der Waals surface area contributed by atoms with E-state index in [1.807, 2.05) is 0 Å². The summed E-state index contributed by atoms with van der Waals surface area (Å²) in [4.78, 5) is 2.45. The number of morpholine rings is 1. The van der Waals surface area contributed by atoms with Gasteiger partial charge in [0.1, 0.15) is 5.75 Å². The van der Waals surface area contributed by atoms with E-state index in [1.165, 1.54) is 66.0 Å². The molecular formula is C50H35NO2. The number of benzene rings is 8. The third-order valence-electron chi connectivity index (χ3n) is 12.5. The van der Waals surface area contributed by atoms with Gasteiger partial charge >= 0.3 is 0 Å². The highest BCUT2D eigenvalue weighted by molar-refractivity contribution is 6.19. The van der Waals surface area contributed by atoms with Crippen molar-refractivity contribution in [1.82, 2.24) is 0 Å². The molecule has 3 nitrogen and oxygen atoms in total. The Labute approximate surface area is 308 Å². The fraction of sp³-hybridized carbons (Fsp3) is 0.120. The molecule has 8 aromatic rings. The maximum absolute atomic E-state index is 7.77. The van der Waals surface area contributed by atoms with Gasteiger partial charge in [-0.05, 0) is 78.5 Å². The molecular weight excluding hydrogens is 647 g/mol. The summed E-state index contributed by atoms with van der Waals surface area (Å²) in [7, 11) is 0. The molecule has 0 aromatic heterocycles. The van der Waals surface area contributed by atoms with Gasteiger partial charge in [0.25, 0.3) is 0 Å². The first kappa shape index (κ1) is 29.4. The van der Waals surface area contributed by atoms with E-state index in [0.717, 1.165) is 54.1 Å². The molecule has 0 amide bonds. The fourth-order valence-electron chi connectivity index (χ4n) is 10.3. The van der Waals surface area contributed by atoms with Gasteiger partial charge < -0.3 is 14.4 Å². The van der Waals surface area contributed by atoms with Gasteiger partial charge in [-0.25, -0.2) is 0 Å². The molecule has 8 aromatic carbocycles. The molecule has 0 unspecified atom stereocenters. The van der Waals surface area contributed by atoms with Gasteiger partial charge in [0.15, 0.2) is 5.60 Å². The number of hydrogen-bond donors (Lipinski definition) is 0. The predicted molar refractivity (Wildman–Crippen MR) is 216 cm³/mol. The van der Waals surface area contributed by atoms with Gasteiger partial charge in [-0.1, -0.05) is 146 Å². The molecule has 1 fully saturated rings. The largest absolute Gasteiger partial charge is 0.472 e. The van der Waals surface area contributed by atoms with E-state index in [4.69, 9.17) is 9.47 Å². The first-order chi connectivity index (χ1) is 26.3. The van der Waals surface area contributed by atoms with Crippen LogP contribution in [0.1, 0.15) is 38.9 Å². The van der Waals surface area contributed by atoms with Crippen molar-refractivity contribution in [3.63, 3.8) is 0 Å². The van der Waals surface area contributed by atoms with E-state index in [1.54, 1.807) is 0 Å². The summed E-state index contributed by atoms with van der Waals surface area (Å²) >= 11 is 0. The zero-order valence-electron chi connectivity index (χ0n) is 29.2. The molecule has 1 saturated heterocycles. The Bertz CT molecular complexity index is 2750. The second-order valence-electron chi connectivity index (χ2n) is 14.9. The number of ether oxygens (including phenoxy) is 2. The maximum Gasteiger partial charge on any atom is 0.178 e. The average molecular weight is 682 g/mol. The van der Waals surface area contributed by atoms with Crippen molar-refractivity contribution < 1.29 is 9.47 Å². The molecule has 0 radical (unpaired) electrons. The van der Waals surface area contributed by atoms with Crippen LogP contribution in [0.2, 0.25) is 0 Å². The van der Waals surface area contributed by atoms with Crippen LogP contribution in [-0.4, -0.2) is 26.3 Å². The topological polar surface area (TPSA) is 21.7 Å². The Morgan fingerprint density at radius 3 is 1.85 bits per heavy atom. The van der Waals surface area contributed by atoms with Crippen molar-refractivity contribution in [2.75, 3.05) is 31.2 Å². The number of hydrogen-bond acceptors (Lipinski definition) is 3. The van der Waals surface area contributed by atoms with Gasteiger partial charge in [0, 0.05) is 40.9 Å². The van der Waals surface area contributed by atoms with Gasteiger partial charge in [0.05, 0.1) is 18.6 Å². The SMILES string of the molecule is C1=CC(c2ccccc2)(c2ccccc2)Oc2c1c1c(c3ccc(N4CCOCC4)cc23)-c2ccccc2C12c1cccc3ccc4cccc2c4c13. The number of rotatable bonds is 3. The third kappa shape index (κ3) is 3.72. The van der Waals surface area contributed by atoms with Gasteiger partial charge in [-0.15, -0.1) is 0 Å². The summed E-state index contributed by atoms with van der Waals surface area (Å²) in [6, 6.07) is 56.1. The molecule has 53 heavy (non-hydrogen) atoms. The molecule has 0 N–H and O–H groups in total. The lowest BCUT2D eigenvalue weighted by molar-refractivity contribution is 0.122. The normalized spacial score (nSPS) is 17.0. The molecule has 4 aliphatic rings. The van der Waals surface area contributed by atoms with Gasteiger partial charge in [-0.3, -0.25) is 0 Å². The molecule has 252 valence electrons. The maximum atomic E-state index is 7.77. The minimum Gasteiger partial charge on any atom is -0.472 e. The second-order valence-corrected chi connectivity index (χ2v) is 14.9. The first-order valence-electron chi connectivity index (χ1n) is 18.8. The van der Waals surface area contributed by atoms with Crippen LogP contribution in [0.4, 0.5) is 5.69 Å². The molecule has 0 bridgehead atoms. The van der Waals surface area contributed by atoms with Crippen molar-refractivity contribution in [2.24, 2.45) is 0 Å². The lowest BCUT2D eigenvalue weighted by atomic mass is 9.68. The van der Waals surface area contributed by atoms with Crippen LogP contribution in [0.3, 0.4) is 0 Å². The van der Waals surface area contributed by atoms with Crippen molar-refractivity contribution >= 4 is 44.1 Å². The van der Waals surface area contributed by atoms with Crippen LogP contribution in [0.15, 0.2) is 158 Å². The zero-order chi connectivity index (χ0) is 34.7. The summed E-state index contributed by atoms with van der Waals surface area (Å²) in [5.74, 6) is 0.937. The van der Waals surface area contributed by atoms with Gasteiger partial charge in [-0.2, -0.15) is 0 Å². The van der Waals surface area contributed by atoms with Crippen LogP contribution in [0.25, 0.3) is 49.5 Å². The van der Waals surface area contributed by atoms with E-state index in [0.29, 0.717) is 0 Å². The zero-order valence-corrected chi connectivity index (χ0v) is 29.2. The first-order valence-corrected chi connectivity index (χ1v) is 18.8. The van der Waals surface area contributed by atoms with Crippen LogP contribution in [0.5, 0.6) is 5.75 Å². The Kier molecular flexibility index (Phi) is 5.94. The quantitative estimate of drug-likeness (QED) is 0.173. The molecule has 0 saturated carbocycles. The monoisotopic (exact) mass is 681 g/mol. The van der Waals surface area contributed by atoms with Crippen LogP contribution in [-0.2, 0) is 15.8 Å². The number of nitrogens with zero attached hydrogens (tertiary/aromatic N) is 1. The average Bonchev–Trinajstić information content (AvgIpc) is 3.72. The van der Waals surface area contributed by atoms with Crippen molar-refractivity contribution in [2.45, 2.75) is 11.0 Å². The minimum atomic E-state index is -0.817. The second kappa shape index (κ2) is 10.7. The fourth-order valence-corrected chi connectivity index (χ4v) is 10.3. The lowest BCUT2D eigenvalue weighted by Crippen LogP contribution is -2.36. The molecule has 2 aliphatic heterocycles. The van der Waals surface area contributed by atoms with Crippen LogP contribution >= 0.6 is 0 Å². The smallest absolute Gasteiger partial charge is 0.178 e.